The molecule has 0 saturated carbocycles. The fraction of sp³-hybridized carbons (Fsp3) is 0.214. The van der Waals surface area contributed by atoms with Crippen molar-refractivity contribution in [2.75, 3.05) is 0 Å². The monoisotopic (exact) mass is 247 g/mol. The number of aryl methyl sites for hydroxylation is 1. The molecule has 0 fully saturated rings. The van der Waals surface area contributed by atoms with Crippen molar-refractivity contribution in [2.45, 2.75) is 20.3 Å². The molecule has 1 N–H and O–H groups in total. The Balaban J connectivity index is 2.64. The van der Waals surface area contributed by atoms with E-state index in [1.54, 1.807) is 0 Å². The van der Waals surface area contributed by atoms with Crippen molar-refractivity contribution >= 4 is 22.5 Å². The number of hydrogen-bond donors (Lipinski definition) is 1. The summed E-state index contributed by atoms with van der Waals surface area (Å²) in [7, 11) is 0. The van der Waals surface area contributed by atoms with Crippen molar-refractivity contribution in [2.24, 2.45) is 0 Å². The Morgan fingerprint density at radius 2 is 2.12 bits per heavy atom. The van der Waals surface area contributed by atoms with Gasteiger partial charge in [-0.3, -0.25) is 4.79 Å². The smallest absolute Gasteiger partial charge is 0.193 e. The summed E-state index contributed by atoms with van der Waals surface area (Å²) in [5.41, 5.74) is 2.66. The van der Waals surface area contributed by atoms with Crippen LogP contribution in [0.1, 0.15) is 18.2 Å². The van der Waals surface area contributed by atoms with Gasteiger partial charge in [0.05, 0.1) is 0 Å². The molecule has 0 amide bonds. The number of nitrogens with one attached hydrogen (secondary N) is 1. The number of aromatic nitrogens is 1. The van der Waals surface area contributed by atoms with Gasteiger partial charge in [0.15, 0.2) is 5.43 Å². The highest BCUT2D eigenvalue weighted by molar-refractivity contribution is 6.29. The Kier molecular flexibility index (Phi) is 3.34. The molecule has 0 aliphatic rings. The third kappa shape index (κ3) is 2.42. The van der Waals surface area contributed by atoms with E-state index in [-0.39, 0.29) is 5.43 Å². The first-order chi connectivity index (χ1) is 8.09. The summed E-state index contributed by atoms with van der Waals surface area (Å²) in [6, 6.07) is 7.55. The van der Waals surface area contributed by atoms with Gasteiger partial charge in [0.25, 0.3) is 0 Å². The lowest BCUT2D eigenvalue weighted by atomic mass is 10.1. The Hall–Kier alpha value is -1.54. The molecule has 2 aromatic rings. The number of rotatable bonds is 2. The number of halogens is 1. The van der Waals surface area contributed by atoms with Crippen LogP contribution < -0.4 is 5.43 Å². The lowest BCUT2D eigenvalue weighted by Crippen LogP contribution is -2.12. The van der Waals surface area contributed by atoms with Gasteiger partial charge in [0.1, 0.15) is 0 Å². The predicted molar refractivity (Wildman–Crippen MR) is 72.6 cm³/mol. The predicted octanol–water partition coefficient (Wildman–Crippen LogP) is 3.52. The molecule has 0 atom stereocenters. The third-order valence-corrected chi connectivity index (χ3v) is 2.96. The molecule has 1 aromatic heterocycles. The van der Waals surface area contributed by atoms with Crippen molar-refractivity contribution in [3.05, 3.63) is 56.9 Å². The first-order valence-electron chi connectivity index (χ1n) is 5.52. The highest BCUT2D eigenvalue weighted by Crippen LogP contribution is 2.12. The molecule has 0 unspecified atom stereocenters. The minimum Gasteiger partial charge on any atom is -0.358 e. The number of para-hydroxylation sites is 1. The number of benzene rings is 1. The Morgan fingerprint density at radius 3 is 2.82 bits per heavy atom. The summed E-state index contributed by atoms with van der Waals surface area (Å²) < 4.78 is 0. The third-order valence-electron chi connectivity index (χ3n) is 2.81. The van der Waals surface area contributed by atoms with E-state index in [0.29, 0.717) is 11.5 Å². The molecule has 0 aliphatic heterocycles. The molecule has 2 rings (SSSR count). The molecular formula is C14H14ClNO. The Bertz CT molecular complexity index is 636. The maximum absolute atomic E-state index is 12.3. The van der Waals surface area contributed by atoms with Gasteiger partial charge in [-0.2, -0.15) is 0 Å². The fourth-order valence-electron chi connectivity index (χ4n) is 1.89. The molecule has 0 saturated heterocycles. The van der Waals surface area contributed by atoms with Gasteiger partial charge < -0.3 is 4.98 Å². The summed E-state index contributed by atoms with van der Waals surface area (Å²) in [5.74, 6) is 0. The maximum atomic E-state index is 12.3. The minimum absolute atomic E-state index is 0.0889. The first-order valence-corrected chi connectivity index (χ1v) is 5.90. The SMILES string of the molecule is CC(Cl)=CCc1c(C)[nH]c2ccccc2c1=O. The number of fused-ring (bicyclic) bond motifs is 1. The van der Waals surface area contributed by atoms with Crippen molar-refractivity contribution < 1.29 is 0 Å². The van der Waals surface area contributed by atoms with Crippen LogP contribution in [0.2, 0.25) is 0 Å². The zero-order valence-electron chi connectivity index (χ0n) is 9.88. The van der Waals surface area contributed by atoms with Gasteiger partial charge in [-0.05, 0) is 32.4 Å². The number of H-pyrrole nitrogens is 1. The minimum atomic E-state index is 0.0889. The van der Waals surface area contributed by atoms with Crippen LogP contribution in [0.3, 0.4) is 0 Å². The van der Waals surface area contributed by atoms with E-state index in [2.05, 4.69) is 4.98 Å². The van der Waals surface area contributed by atoms with Crippen LogP contribution in [0.5, 0.6) is 0 Å². The summed E-state index contributed by atoms with van der Waals surface area (Å²) in [6.45, 7) is 3.73. The fourth-order valence-corrected chi connectivity index (χ4v) is 1.97. The second-order valence-corrected chi connectivity index (χ2v) is 4.69. The standard InChI is InChI=1S/C14H14ClNO/c1-9(15)7-8-11-10(2)16-13-6-4-3-5-12(13)14(11)17/h3-7H,8H2,1-2H3,(H,16,17). The van der Waals surface area contributed by atoms with E-state index < -0.39 is 0 Å². The number of aromatic amines is 1. The molecule has 0 aliphatic carbocycles. The summed E-state index contributed by atoms with van der Waals surface area (Å²) in [4.78, 5) is 15.5. The van der Waals surface area contributed by atoms with Gasteiger partial charge in [-0.25, -0.2) is 0 Å². The van der Waals surface area contributed by atoms with Crippen LogP contribution in [-0.4, -0.2) is 4.98 Å². The van der Waals surface area contributed by atoms with Crippen LogP contribution >= 0.6 is 11.6 Å². The average molecular weight is 248 g/mol. The van der Waals surface area contributed by atoms with Gasteiger partial charge in [-0.1, -0.05) is 29.8 Å². The number of hydrogen-bond acceptors (Lipinski definition) is 1. The van der Waals surface area contributed by atoms with Crippen LogP contribution in [-0.2, 0) is 6.42 Å². The quantitative estimate of drug-likeness (QED) is 0.865. The van der Waals surface area contributed by atoms with Gasteiger partial charge in [-0.15, -0.1) is 0 Å². The Labute approximate surface area is 105 Å². The number of pyridine rings is 1. The van der Waals surface area contributed by atoms with E-state index in [1.807, 2.05) is 44.2 Å². The lowest BCUT2D eigenvalue weighted by molar-refractivity contribution is 1.11. The molecular weight excluding hydrogens is 234 g/mol. The van der Waals surface area contributed by atoms with Gasteiger partial charge in [0.2, 0.25) is 0 Å². The highest BCUT2D eigenvalue weighted by atomic mass is 35.5. The van der Waals surface area contributed by atoms with E-state index in [4.69, 9.17) is 11.6 Å². The largest absolute Gasteiger partial charge is 0.358 e. The molecule has 0 bridgehead atoms. The maximum Gasteiger partial charge on any atom is 0.193 e. The zero-order chi connectivity index (χ0) is 12.4. The normalized spacial score (nSPS) is 12.1. The molecule has 1 heterocycles. The Morgan fingerprint density at radius 1 is 1.41 bits per heavy atom. The number of allylic oxidation sites excluding steroid dienone is 2. The van der Waals surface area contributed by atoms with Gasteiger partial charge >= 0.3 is 0 Å². The summed E-state index contributed by atoms with van der Waals surface area (Å²) in [5, 5.41) is 1.44. The molecule has 17 heavy (non-hydrogen) atoms. The second kappa shape index (κ2) is 4.76. The van der Waals surface area contributed by atoms with Crippen molar-refractivity contribution in [1.29, 1.82) is 0 Å². The summed E-state index contributed by atoms with van der Waals surface area (Å²) >= 11 is 5.80. The van der Waals surface area contributed by atoms with Crippen molar-refractivity contribution in [3.8, 4) is 0 Å². The van der Waals surface area contributed by atoms with Crippen LogP contribution in [0.15, 0.2) is 40.2 Å². The van der Waals surface area contributed by atoms with E-state index in [1.165, 1.54) is 0 Å². The topological polar surface area (TPSA) is 32.9 Å². The van der Waals surface area contributed by atoms with Crippen LogP contribution in [0.25, 0.3) is 10.9 Å². The van der Waals surface area contributed by atoms with Crippen molar-refractivity contribution in [3.63, 3.8) is 0 Å². The molecule has 88 valence electrons. The first kappa shape index (κ1) is 11.9. The zero-order valence-corrected chi connectivity index (χ0v) is 10.6. The van der Waals surface area contributed by atoms with E-state index >= 15 is 0 Å². The molecule has 1 aromatic carbocycles. The van der Waals surface area contributed by atoms with Crippen LogP contribution in [0.4, 0.5) is 0 Å². The summed E-state index contributed by atoms with van der Waals surface area (Å²) in [6.07, 6.45) is 2.43. The molecule has 0 spiro atoms. The highest BCUT2D eigenvalue weighted by Gasteiger charge is 2.07. The molecule has 0 radical (unpaired) electrons. The lowest BCUT2D eigenvalue weighted by Gasteiger charge is -2.06. The van der Waals surface area contributed by atoms with Crippen molar-refractivity contribution in [1.82, 2.24) is 4.98 Å². The molecule has 3 heteroatoms. The van der Waals surface area contributed by atoms with Gasteiger partial charge in [0, 0.05) is 27.2 Å². The van der Waals surface area contributed by atoms with E-state index in [9.17, 15) is 4.79 Å². The second-order valence-electron chi connectivity index (χ2n) is 4.10. The average Bonchev–Trinajstić information content (AvgIpc) is 2.28. The van der Waals surface area contributed by atoms with Crippen LogP contribution in [0, 0.1) is 6.92 Å². The molecule has 2 nitrogen and oxygen atoms in total. The van der Waals surface area contributed by atoms with E-state index in [0.717, 1.165) is 22.2 Å².